The quantitative estimate of drug-likeness (QED) is 0.763. The molecule has 0 saturated heterocycles. The molecule has 0 radical (unpaired) electrons. The third-order valence-electron chi connectivity index (χ3n) is 5.20. The first-order valence-electron chi connectivity index (χ1n) is 9.24. The van der Waals surface area contributed by atoms with Gasteiger partial charge >= 0.3 is 6.09 Å². The van der Waals surface area contributed by atoms with Crippen LogP contribution in [0.4, 0.5) is 4.79 Å². The molecule has 1 aliphatic carbocycles. The Balaban J connectivity index is 2.46. The Kier molecular flexibility index (Phi) is 7.37. The molecule has 4 heteroatoms. The summed E-state index contributed by atoms with van der Waals surface area (Å²) in [5.41, 5.74) is -0.565. The van der Waals surface area contributed by atoms with Gasteiger partial charge in [-0.1, -0.05) is 33.6 Å². The van der Waals surface area contributed by atoms with Crippen LogP contribution >= 0.6 is 0 Å². The van der Waals surface area contributed by atoms with Gasteiger partial charge in [0.25, 0.3) is 0 Å². The first-order chi connectivity index (χ1) is 10.5. The lowest BCUT2D eigenvalue weighted by atomic mass is 9.81. The van der Waals surface area contributed by atoms with Crippen molar-refractivity contribution >= 4 is 6.09 Å². The van der Waals surface area contributed by atoms with Crippen molar-refractivity contribution in [2.75, 3.05) is 13.1 Å². The van der Waals surface area contributed by atoms with Crippen molar-refractivity contribution in [3.63, 3.8) is 0 Å². The van der Waals surface area contributed by atoms with Gasteiger partial charge in [-0.2, -0.15) is 0 Å². The van der Waals surface area contributed by atoms with E-state index >= 15 is 0 Å². The summed E-state index contributed by atoms with van der Waals surface area (Å²) in [5.74, 6) is 2.09. The molecule has 1 unspecified atom stereocenters. The number of nitrogens with one attached hydrogen (secondary N) is 2. The minimum absolute atomic E-state index is 0.111. The van der Waals surface area contributed by atoms with Gasteiger partial charge in [-0.3, -0.25) is 0 Å². The molecule has 1 aliphatic rings. The van der Waals surface area contributed by atoms with Gasteiger partial charge in [0.05, 0.1) is 0 Å². The van der Waals surface area contributed by atoms with E-state index in [0.29, 0.717) is 12.5 Å². The average Bonchev–Trinajstić information content (AvgIpc) is 2.42. The molecule has 1 fully saturated rings. The molecule has 0 bridgehead atoms. The van der Waals surface area contributed by atoms with Crippen LogP contribution in [0, 0.1) is 17.8 Å². The highest BCUT2D eigenvalue weighted by Crippen LogP contribution is 2.28. The first kappa shape index (κ1) is 20.3. The second kappa shape index (κ2) is 8.36. The molecule has 0 aliphatic heterocycles. The van der Waals surface area contributed by atoms with E-state index in [4.69, 9.17) is 4.74 Å². The Bertz CT molecular complexity index is 368. The van der Waals surface area contributed by atoms with Gasteiger partial charge in [-0.05, 0) is 64.8 Å². The lowest BCUT2D eigenvalue weighted by Gasteiger charge is -2.38. The summed E-state index contributed by atoms with van der Waals surface area (Å²) < 4.78 is 5.34. The Morgan fingerprint density at radius 1 is 1.13 bits per heavy atom. The van der Waals surface area contributed by atoms with Crippen LogP contribution in [-0.4, -0.2) is 30.3 Å². The number of ether oxygens (including phenoxy) is 1. The van der Waals surface area contributed by atoms with Crippen LogP contribution in [0.25, 0.3) is 0 Å². The van der Waals surface area contributed by atoms with Gasteiger partial charge in [0, 0.05) is 12.1 Å². The van der Waals surface area contributed by atoms with E-state index in [1.54, 1.807) is 0 Å². The standard InChI is InChI=1S/C19H38N2O2/c1-14(2)19(7,13-20-17(22)23-18(4,5)6)21-12-16-10-8-15(3)9-11-16/h14-16,21H,8-13H2,1-7H3,(H,20,22). The fraction of sp³-hybridized carbons (Fsp3) is 0.947. The van der Waals surface area contributed by atoms with Crippen molar-refractivity contribution < 1.29 is 9.53 Å². The third kappa shape index (κ3) is 7.56. The number of carbonyl (C=O) groups excluding carboxylic acids is 1. The van der Waals surface area contributed by atoms with E-state index in [0.717, 1.165) is 18.4 Å². The summed E-state index contributed by atoms with van der Waals surface area (Å²) in [4.78, 5) is 11.9. The molecule has 23 heavy (non-hydrogen) atoms. The molecular formula is C19H38N2O2. The van der Waals surface area contributed by atoms with E-state index in [-0.39, 0.29) is 11.6 Å². The molecule has 0 aromatic rings. The molecule has 4 nitrogen and oxygen atoms in total. The van der Waals surface area contributed by atoms with Gasteiger partial charge < -0.3 is 15.4 Å². The highest BCUT2D eigenvalue weighted by molar-refractivity contribution is 5.67. The van der Waals surface area contributed by atoms with Crippen LogP contribution in [0.3, 0.4) is 0 Å². The molecule has 0 aromatic carbocycles. The number of rotatable bonds is 6. The van der Waals surface area contributed by atoms with Crippen LogP contribution in [-0.2, 0) is 4.74 Å². The van der Waals surface area contributed by atoms with Crippen LogP contribution in [0.2, 0.25) is 0 Å². The van der Waals surface area contributed by atoms with Crippen molar-refractivity contribution in [3.05, 3.63) is 0 Å². The Morgan fingerprint density at radius 3 is 2.17 bits per heavy atom. The largest absolute Gasteiger partial charge is 0.444 e. The van der Waals surface area contributed by atoms with E-state index in [9.17, 15) is 4.79 Å². The maximum Gasteiger partial charge on any atom is 0.407 e. The topological polar surface area (TPSA) is 50.4 Å². The summed E-state index contributed by atoms with van der Waals surface area (Å²) in [7, 11) is 0. The number of hydrogen-bond acceptors (Lipinski definition) is 3. The summed E-state index contributed by atoms with van der Waals surface area (Å²) >= 11 is 0. The smallest absolute Gasteiger partial charge is 0.407 e. The predicted molar refractivity (Wildman–Crippen MR) is 96.6 cm³/mol. The molecule has 0 heterocycles. The number of carbonyl (C=O) groups is 1. The Morgan fingerprint density at radius 2 is 1.70 bits per heavy atom. The van der Waals surface area contributed by atoms with E-state index < -0.39 is 5.60 Å². The second-order valence-electron chi connectivity index (χ2n) is 8.93. The number of hydrogen-bond donors (Lipinski definition) is 2. The van der Waals surface area contributed by atoms with Gasteiger partial charge in [-0.15, -0.1) is 0 Å². The molecule has 2 N–H and O–H groups in total. The van der Waals surface area contributed by atoms with E-state index in [1.165, 1.54) is 25.7 Å². The highest BCUT2D eigenvalue weighted by atomic mass is 16.6. The number of alkyl carbamates (subject to hydrolysis) is 1. The zero-order valence-corrected chi connectivity index (χ0v) is 16.3. The first-order valence-corrected chi connectivity index (χ1v) is 9.24. The summed E-state index contributed by atoms with van der Waals surface area (Å²) in [6.07, 6.45) is 5.00. The molecule has 0 aromatic heterocycles. The molecule has 1 amide bonds. The molecule has 0 spiro atoms. The van der Waals surface area contributed by atoms with Crippen LogP contribution in [0.5, 0.6) is 0 Å². The molecule has 1 atom stereocenters. The number of amides is 1. The minimum atomic E-state index is -0.454. The maximum atomic E-state index is 11.9. The van der Waals surface area contributed by atoms with Gasteiger partial charge in [0.2, 0.25) is 0 Å². The van der Waals surface area contributed by atoms with Crippen molar-refractivity contribution in [3.8, 4) is 0 Å². The monoisotopic (exact) mass is 326 g/mol. The zero-order valence-electron chi connectivity index (χ0n) is 16.3. The third-order valence-corrected chi connectivity index (χ3v) is 5.20. The second-order valence-corrected chi connectivity index (χ2v) is 8.93. The van der Waals surface area contributed by atoms with Gasteiger partial charge in [0.15, 0.2) is 0 Å². The van der Waals surface area contributed by atoms with Crippen molar-refractivity contribution in [1.29, 1.82) is 0 Å². The zero-order chi connectivity index (χ0) is 17.7. The summed E-state index contributed by atoms with van der Waals surface area (Å²) in [6, 6.07) is 0. The average molecular weight is 327 g/mol. The summed E-state index contributed by atoms with van der Waals surface area (Å²) in [6.45, 7) is 16.2. The fourth-order valence-corrected chi connectivity index (χ4v) is 2.95. The van der Waals surface area contributed by atoms with Crippen LogP contribution in [0.1, 0.15) is 74.1 Å². The minimum Gasteiger partial charge on any atom is -0.444 e. The molecule has 1 rings (SSSR count). The van der Waals surface area contributed by atoms with Crippen LogP contribution < -0.4 is 10.6 Å². The van der Waals surface area contributed by atoms with E-state index in [2.05, 4.69) is 38.3 Å². The summed E-state index contributed by atoms with van der Waals surface area (Å²) in [5, 5.41) is 6.66. The molecule has 136 valence electrons. The Hall–Kier alpha value is -0.770. The van der Waals surface area contributed by atoms with Crippen LogP contribution in [0.15, 0.2) is 0 Å². The molecule has 1 saturated carbocycles. The lowest BCUT2D eigenvalue weighted by molar-refractivity contribution is 0.0501. The van der Waals surface area contributed by atoms with Gasteiger partial charge in [-0.25, -0.2) is 4.79 Å². The van der Waals surface area contributed by atoms with Crippen molar-refractivity contribution in [2.24, 2.45) is 17.8 Å². The predicted octanol–water partition coefficient (Wildman–Crippen LogP) is 4.34. The highest BCUT2D eigenvalue weighted by Gasteiger charge is 2.30. The Labute approximate surface area is 143 Å². The van der Waals surface area contributed by atoms with Crippen molar-refractivity contribution in [1.82, 2.24) is 10.6 Å². The van der Waals surface area contributed by atoms with E-state index in [1.807, 2.05) is 20.8 Å². The lowest BCUT2D eigenvalue weighted by Crippen LogP contribution is -2.56. The van der Waals surface area contributed by atoms with Crippen molar-refractivity contribution in [2.45, 2.75) is 85.3 Å². The SMILES string of the molecule is CC1CCC(CNC(C)(CNC(=O)OC(C)(C)C)C(C)C)CC1. The normalized spacial score (nSPS) is 25.0. The fourth-order valence-electron chi connectivity index (χ4n) is 2.95. The maximum absolute atomic E-state index is 11.9. The molecular weight excluding hydrogens is 288 g/mol. The van der Waals surface area contributed by atoms with Gasteiger partial charge in [0.1, 0.15) is 5.60 Å².